The van der Waals surface area contributed by atoms with Gasteiger partial charge in [0.25, 0.3) is 0 Å². The minimum atomic E-state index is -0.0643. The van der Waals surface area contributed by atoms with E-state index in [4.69, 9.17) is 4.42 Å². The number of furan rings is 1. The highest BCUT2D eigenvalue weighted by Gasteiger charge is 2.41. The van der Waals surface area contributed by atoms with Crippen LogP contribution < -0.4 is 4.90 Å². The topological polar surface area (TPSA) is 16.4 Å². The molecule has 0 amide bonds. The number of nitrogens with zero attached hydrogens (tertiary/aromatic N) is 1. The lowest BCUT2D eigenvalue weighted by Crippen LogP contribution is -2.23. The number of para-hydroxylation sites is 2. The fourth-order valence-electron chi connectivity index (χ4n) is 8.56. The lowest BCUT2D eigenvalue weighted by atomic mass is 9.73. The van der Waals surface area contributed by atoms with Gasteiger partial charge in [0.1, 0.15) is 5.76 Å². The summed E-state index contributed by atoms with van der Waals surface area (Å²) >= 11 is 0. The zero-order valence-corrected chi connectivity index (χ0v) is 31.3. The quantitative estimate of drug-likeness (QED) is 0.131. The number of hydrogen-bond donors (Lipinski definition) is 0. The molecule has 0 N–H and O–H groups in total. The third-order valence-corrected chi connectivity index (χ3v) is 11.5. The minimum Gasteiger partial charge on any atom is -0.464 e. The van der Waals surface area contributed by atoms with E-state index < -0.39 is 0 Å². The molecule has 9 rings (SSSR count). The molecule has 0 radical (unpaired) electrons. The van der Waals surface area contributed by atoms with Crippen LogP contribution in [0, 0.1) is 0 Å². The van der Waals surface area contributed by atoms with Crippen molar-refractivity contribution in [3.8, 4) is 44.7 Å². The first-order chi connectivity index (χ1) is 27.1. The predicted molar refractivity (Wildman–Crippen MR) is 232 cm³/mol. The van der Waals surface area contributed by atoms with E-state index in [0.717, 1.165) is 52.2 Å². The number of fused-ring (bicyclic) bond motifs is 3. The van der Waals surface area contributed by atoms with Crippen molar-refractivity contribution in [1.29, 1.82) is 0 Å². The van der Waals surface area contributed by atoms with E-state index in [-0.39, 0.29) is 5.41 Å². The van der Waals surface area contributed by atoms with Crippen molar-refractivity contribution in [3.05, 3.63) is 211 Å². The van der Waals surface area contributed by atoms with Gasteiger partial charge in [-0.1, -0.05) is 147 Å². The highest BCUT2D eigenvalue weighted by Crippen LogP contribution is 2.54. The second kappa shape index (κ2) is 14.6. The van der Waals surface area contributed by atoms with Crippen molar-refractivity contribution in [2.45, 2.75) is 32.1 Å². The first kappa shape index (κ1) is 34.1. The van der Waals surface area contributed by atoms with E-state index in [2.05, 4.69) is 201 Å². The van der Waals surface area contributed by atoms with Gasteiger partial charge in [-0.25, -0.2) is 0 Å². The van der Waals surface area contributed by atoms with Gasteiger partial charge in [-0.2, -0.15) is 0 Å². The van der Waals surface area contributed by atoms with Crippen molar-refractivity contribution >= 4 is 29.2 Å². The molecule has 0 unspecified atom stereocenters. The van der Waals surface area contributed by atoms with Crippen molar-refractivity contribution < 1.29 is 4.42 Å². The van der Waals surface area contributed by atoms with Crippen molar-refractivity contribution in [2.75, 3.05) is 4.90 Å². The molecule has 7 aromatic carbocycles. The Labute approximate surface area is 324 Å². The molecule has 0 fully saturated rings. The SMILES string of the molecule is CCC1(CC)c2cc(/C=C/c3ccc(-c4cc(-c5ccccc5)ccc4-c4ccco4)cc3)ccc2-c2ccc(N(c3ccccc3)c3ccccc3)cc21. The fraction of sp³-hybridized carbons (Fsp3) is 0.0943. The van der Waals surface area contributed by atoms with Crippen LogP contribution in [-0.2, 0) is 5.41 Å². The molecular formula is C53H43NO. The zero-order chi connectivity index (χ0) is 37.2. The second-order valence-corrected chi connectivity index (χ2v) is 14.4. The Morgan fingerprint density at radius 1 is 0.436 bits per heavy atom. The molecule has 0 saturated carbocycles. The molecule has 1 aliphatic carbocycles. The Hall–Kier alpha value is -6.64. The minimum absolute atomic E-state index is 0.0643. The van der Waals surface area contributed by atoms with Crippen molar-refractivity contribution in [3.63, 3.8) is 0 Å². The van der Waals surface area contributed by atoms with E-state index >= 15 is 0 Å². The number of benzene rings is 7. The number of anilines is 3. The molecule has 1 heterocycles. The van der Waals surface area contributed by atoms with Crippen LogP contribution in [0.1, 0.15) is 48.9 Å². The van der Waals surface area contributed by atoms with Gasteiger partial charge in [0, 0.05) is 28.0 Å². The van der Waals surface area contributed by atoms with Gasteiger partial charge in [-0.05, 0) is 129 Å². The first-order valence-electron chi connectivity index (χ1n) is 19.4. The van der Waals surface area contributed by atoms with Gasteiger partial charge in [-0.15, -0.1) is 0 Å². The number of rotatable bonds is 10. The maximum absolute atomic E-state index is 5.86. The van der Waals surface area contributed by atoms with Crippen LogP contribution in [-0.4, -0.2) is 0 Å². The highest BCUT2D eigenvalue weighted by molar-refractivity contribution is 5.88. The van der Waals surface area contributed by atoms with Gasteiger partial charge in [0.2, 0.25) is 0 Å². The Bertz CT molecular complexity index is 2540. The summed E-state index contributed by atoms with van der Waals surface area (Å²) in [6.07, 6.45) is 8.30. The average Bonchev–Trinajstić information content (AvgIpc) is 3.89. The van der Waals surface area contributed by atoms with Gasteiger partial charge >= 0.3 is 0 Å². The molecular weight excluding hydrogens is 667 g/mol. The average molecular weight is 710 g/mol. The lowest BCUT2D eigenvalue weighted by Gasteiger charge is -2.32. The third-order valence-electron chi connectivity index (χ3n) is 11.5. The second-order valence-electron chi connectivity index (χ2n) is 14.4. The monoisotopic (exact) mass is 709 g/mol. The van der Waals surface area contributed by atoms with E-state index in [0.29, 0.717) is 0 Å². The maximum Gasteiger partial charge on any atom is 0.134 e. The molecule has 0 atom stereocenters. The molecule has 0 aliphatic heterocycles. The van der Waals surface area contributed by atoms with Gasteiger partial charge in [-0.3, -0.25) is 0 Å². The van der Waals surface area contributed by atoms with Gasteiger partial charge in [0.05, 0.1) is 6.26 Å². The van der Waals surface area contributed by atoms with Crippen LogP contribution in [0.5, 0.6) is 0 Å². The molecule has 0 spiro atoms. The summed E-state index contributed by atoms with van der Waals surface area (Å²) < 4.78 is 5.86. The van der Waals surface area contributed by atoms with Crippen molar-refractivity contribution in [1.82, 2.24) is 0 Å². The van der Waals surface area contributed by atoms with Crippen molar-refractivity contribution in [2.24, 2.45) is 0 Å². The van der Waals surface area contributed by atoms with E-state index in [1.165, 1.54) is 44.6 Å². The molecule has 2 heteroatoms. The largest absolute Gasteiger partial charge is 0.464 e. The highest BCUT2D eigenvalue weighted by atomic mass is 16.3. The molecule has 0 bridgehead atoms. The molecule has 1 aromatic heterocycles. The summed E-state index contributed by atoms with van der Waals surface area (Å²) in [6.45, 7) is 4.69. The van der Waals surface area contributed by atoms with E-state index in [1.54, 1.807) is 6.26 Å². The summed E-state index contributed by atoms with van der Waals surface area (Å²) in [4.78, 5) is 2.37. The lowest BCUT2D eigenvalue weighted by molar-refractivity contribution is 0.490. The van der Waals surface area contributed by atoms with Gasteiger partial charge in [0.15, 0.2) is 0 Å². The number of hydrogen-bond acceptors (Lipinski definition) is 2. The summed E-state index contributed by atoms with van der Waals surface area (Å²) in [5.74, 6) is 0.869. The predicted octanol–water partition coefficient (Wildman–Crippen LogP) is 15.0. The summed E-state index contributed by atoms with van der Waals surface area (Å²) in [5.41, 5.74) is 17.1. The van der Waals surface area contributed by atoms with Crippen LogP contribution >= 0.6 is 0 Å². The maximum atomic E-state index is 5.86. The summed E-state index contributed by atoms with van der Waals surface area (Å²) in [5, 5.41) is 0. The summed E-state index contributed by atoms with van der Waals surface area (Å²) in [7, 11) is 0. The normalized spacial score (nSPS) is 12.8. The molecule has 2 nitrogen and oxygen atoms in total. The van der Waals surface area contributed by atoms with Crippen LogP contribution in [0.3, 0.4) is 0 Å². The first-order valence-corrected chi connectivity index (χ1v) is 19.4. The molecule has 8 aromatic rings. The van der Waals surface area contributed by atoms with E-state index in [1.807, 2.05) is 12.1 Å². The van der Waals surface area contributed by atoms with Crippen LogP contribution in [0.2, 0.25) is 0 Å². The fourth-order valence-corrected chi connectivity index (χ4v) is 8.56. The molecule has 55 heavy (non-hydrogen) atoms. The standard InChI is InChI=1S/C53H43NO/c1-3-53(4-2)50-35-39(26-31-46(50)47-33-30-45(37-51(47)53)54(43-17-10-6-11-18-43)44-19-12-7-13-20-44)23-22-38-24-27-41(28-25-38)49-36-42(40-15-8-5-9-16-40)29-32-48(49)52-21-14-34-55-52/h5-37H,3-4H2,1-2H3/b23-22+. The Kier molecular flexibility index (Phi) is 9.09. The molecule has 1 aliphatic rings. The zero-order valence-electron chi connectivity index (χ0n) is 31.3. The summed E-state index contributed by atoms with van der Waals surface area (Å²) in [6, 6.07) is 65.5. The van der Waals surface area contributed by atoms with Crippen LogP contribution in [0.15, 0.2) is 193 Å². The van der Waals surface area contributed by atoms with Crippen LogP contribution in [0.25, 0.3) is 56.9 Å². The Morgan fingerprint density at radius 3 is 1.64 bits per heavy atom. The smallest absolute Gasteiger partial charge is 0.134 e. The molecule has 266 valence electrons. The Morgan fingerprint density at radius 2 is 1.00 bits per heavy atom. The van der Waals surface area contributed by atoms with Crippen LogP contribution in [0.4, 0.5) is 17.1 Å². The molecule has 0 saturated heterocycles. The third kappa shape index (κ3) is 6.30. The van der Waals surface area contributed by atoms with Gasteiger partial charge < -0.3 is 9.32 Å². The van der Waals surface area contributed by atoms with E-state index in [9.17, 15) is 0 Å². The Balaban J connectivity index is 1.03.